The van der Waals surface area contributed by atoms with Crippen LogP contribution < -0.4 is 4.73 Å². The van der Waals surface area contributed by atoms with E-state index in [1.807, 2.05) is 35.7 Å². The average Bonchev–Trinajstić information content (AvgIpc) is 2.67. The van der Waals surface area contributed by atoms with Gasteiger partial charge in [-0.25, -0.2) is 0 Å². The third-order valence-electron chi connectivity index (χ3n) is 2.35. The van der Waals surface area contributed by atoms with Gasteiger partial charge in [-0.05, 0) is 17.5 Å². The predicted molar refractivity (Wildman–Crippen MR) is 58.3 cm³/mol. The number of aromatic nitrogens is 1. The molecule has 0 saturated carbocycles. The maximum Gasteiger partial charge on any atom is 0.280 e. The number of pyridine rings is 1. The van der Waals surface area contributed by atoms with Crippen molar-refractivity contribution in [2.24, 2.45) is 0 Å². The van der Waals surface area contributed by atoms with E-state index in [-0.39, 0.29) is 0 Å². The molecule has 14 heavy (non-hydrogen) atoms. The fraction of sp³-hybridized carbons (Fsp3) is 0. The van der Waals surface area contributed by atoms with E-state index < -0.39 is 0 Å². The minimum Gasteiger partial charge on any atom is -0.618 e. The molecule has 0 spiro atoms. The van der Waals surface area contributed by atoms with Gasteiger partial charge in [-0.3, -0.25) is 0 Å². The van der Waals surface area contributed by atoms with Gasteiger partial charge < -0.3 is 5.21 Å². The SMILES string of the molecule is [O-][n+]1cc2ccccc2c2ccsc21. The Hall–Kier alpha value is -1.61. The van der Waals surface area contributed by atoms with Gasteiger partial charge in [-0.2, -0.15) is 4.73 Å². The second-order valence-electron chi connectivity index (χ2n) is 3.18. The van der Waals surface area contributed by atoms with Crippen LogP contribution in [0.15, 0.2) is 41.9 Å². The quantitative estimate of drug-likeness (QED) is 0.406. The Kier molecular flexibility index (Phi) is 1.49. The normalized spacial score (nSPS) is 11.1. The van der Waals surface area contributed by atoms with Crippen LogP contribution in [0.3, 0.4) is 0 Å². The van der Waals surface area contributed by atoms with Crippen molar-refractivity contribution >= 4 is 32.3 Å². The van der Waals surface area contributed by atoms with Crippen molar-refractivity contribution in [2.75, 3.05) is 0 Å². The van der Waals surface area contributed by atoms with E-state index in [2.05, 4.69) is 0 Å². The molecule has 0 saturated heterocycles. The molecule has 2 nitrogen and oxygen atoms in total. The van der Waals surface area contributed by atoms with Crippen LogP contribution in [0.2, 0.25) is 0 Å². The molecule has 3 heteroatoms. The van der Waals surface area contributed by atoms with Crippen molar-refractivity contribution in [1.29, 1.82) is 0 Å². The summed E-state index contributed by atoms with van der Waals surface area (Å²) in [6.45, 7) is 0. The van der Waals surface area contributed by atoms with Crippen LogP contribution in [0.4, 0.5) is 0 Å². The predicted octanol–water partition coefficient (Wildman–Crippen LogP) is 2.69. The summed E-state index contributed by atoms with van der Waals surface area (Å²) in [4.78, 5) is 0.781. The Bertz CT molecular complexity index is 615. The van der Waals surface area contributed by atoms with Gasteiger partial charge in [0.25, 0.3) is 4.83 Å². The highest BCUT2D eigenvalue weighted by Crippen LogP contribution is 2.25. The maximum absolute atomic E-state index is 11.6. The summed E-state index contributed by atoms with van der Waals surface area (Å²) in [6, 6.07) is 9.94. The van der Waals surface area contributed by atoms with Crippen molar-refractivity contribution in [2.45, 2.75) is 0 Å². The Morgan fingerprint density at radius 2 is 1.93 bits per heavy atom. The number of benzene rings is 1. The van der Waals surface area contributed by atoms with Gasteiger partial charge in [0, 0.05) is 10.8 Å². The Morgan fingerprint density at radius 3 is 2.86 bits per heavy atom. The first-order valence-electron chi connectivity index (χ1n) is 4.34. The van der Waals surface area contributed by atoms with Gasteiger partial charge in [-0.1, -0.05) is 29.5 Å². The fourth-order valence-corrected chi connectivity index (χ4v) is 2.51. The van der Waals surface area contributed by atoms with Crippen LogP contribution in [0.1, 0.15) is 0 Å². The zero-order valence-corrected chi connectivity index (χ0v) is 8.12. The molecule has 2 heterocycles. The van der Waals surface area contributed by atoms with E-state index in [1.165, 1.54) is 11.3 Å². The van der Waals surface area contributed by atoms with Gasteiger partial charge in [-0.15, -0.1) is 0 Å². The zero-order chi connectivity index (χ0) is 9.54. The van der Waals surface area contributed by atoms with E-state index >= 15 is 0 Å². The van der Waals surface area contributed by atoms with Gasteiger partial charge in [0.15, 0.2) is 6.20 Å². The molecule has 0 unspecified atom stereocenters. The van der Waals surface area contributed by atoms with E-state index in [0.29, 0.717) is 0 Å². The Labute approximate surface area is 84.6 Å². The van der Waals surface area contributed by atoms with Crippen LogP contribution in [0.5, 0.6) is 0 Å². The number of hydrogen-bond acceptors (Lipinski definition) is 2. The molecule has 0 fully saturated rings. The van der Waals surface area contributed by atoms with Crippen LogP contribution in [-0.2, 0) is 0 Å². The maximum atomic E-state index is 11.6. The van der Waals surface area contributed by atoms with Gasteiger partial charge in [0.2, 0.25) is 0 Å². The highest BCUT2D eigenvalue weighted by Gasteiger charge is 2.09. The van der Waals surface area contributed by atoms with Crippen LogP contribution in [0, 0.1) is 5.21 Å². The second kappa shape index (κ2) is 2.69. The second-order valence-corrected chi connectivity index (χ2v) is 4.08. The third kappa shape index (κ3) is 0.930. The van der Waals surface area contributed by atoms with Gasteiger partial charge in [0.1, 0.15) is 0 Å². The molecule has 2 aromatic heterocycles. The molecule has 0 N–H and O–H groups in total. The topological polar surface area (TPSA) is 26.9 Å². The molecule has 0 amide bonds. The monoisotopic (exact) mass is 201 g/mol. The number of thiophene rings is 1. The molecule has 0 aliphatic carbocycles. The molecule has 0 aliphatic rings. The lowest BCUT2D eigenvalue weighted by Gasteiger charge is -2.00. The summed E-state index contributed by atoms with van der Waals surface area (Å²) in [6.07, 6.45) is 1.63. The van der Waals surface area contributed by atoms with Crippen LogP contribution >= 0.6 is 11.3 Å². The van der Waals surface area contributed by atoms with E-state index in [9.17, 15) is 5.21 Å². The van der Waals surface area contributed by atoms with Crippen molar-refractivity contribution < 1.29 is 4.73 Å². The van der Waals surface area contributed by atoms with E-state index in [4.69, 9.17) is 0 Å². The smallest absolute Gasteiger partial charge is 0.280 e. The van der Waals surface area contributed by atoms with Crippen molar-refractivity contribution in [3.05, 3.63) is 47.1 Å². The Morgan fingerprint density at radius 1 is 1.07 bits per heavy atom. The summed E-state index contributed by atoms with van der Waals surface area (Å²) in [5, 5.41) is 16.7. The summed E-state index contributed by atoms with van der Waals surface area (Å²) >= 11 is 1.48. The first-order valence-corrected chi connectivity index (χ1v) is 5.22. The number of hydrogen-bond donors (Lipinski definition) is 0. The van der Waals surface area contributed by atoms with Crippen molar-refractivity contribution in [3.63, 3.8) is 0 Å². The highest BCUT2D eigenvalue weighted by molar-refractivity contribution is 7.16. The lowest BCUT2D eigenvalue weighted by molar-refractivity contribution is -0.573. The molecule has 0 radical (unpaired) electrons. The zero-order valence-electron chi connectivity index (χ0n) is 7.31. The summed E-state index contributed by atoms with van der Waals surface area (Å²) < 4.78 is 0.947. The van der Waals surface area contributed by atoms with E-state index in [1.54, 1.807) is 6.20 Å². The molecule has 1 aromatic carbocycles. The first-order chi connectivity index (χ1) is 6.86. The van der Waals surface area contributed by atoms with Crippen molar-refractivity contribution in [3.8, 4) is 0 Å². The molecular weight excluding hydrogens is 194 g/mol. The number of nitrogens with zero attached hydrogens (tertiary/aromatic N) is 1. The van der Waals surface area contributed by atoms with Gasteiger partial charge in [0.05, 0.1) is 5.39 Å². The minimum absolute atomic E-state index is 0.781. The minimum atomic E-state index is 0.781. The van der Waals surface area contributed by atoms with Crippen LogP contribution in [0.25, 0.3) is 21.0 Å². The molecule has 3 aromatic rings. The molecule has 0 bridgehead atoms. The van der Waals surface area contributed by atoms with Gasteiger partial charge >= 0.3 is 0 Å². The first kappa shape index (κ1) is 7.76. The lowest BCUT2D eigenvalue weighted by atomic mass is 10.1. The van der Waals surface area contributed by atoms with Crippen LogP contribution in [-0.4, -0.2) is 0 Å². The average molecular weight is 201 g/mol. The molecule has 0 atom stereocenters. The Balaban J connectivity index is 2.66. The largest absolute Gasteiger partial charge is 0.618 e. The number of rotatable bonds is 0. The summed E-state index contributed by atoms with van der Waals surface area (Å²) in [7, 11) is 0. The molecule has 0 aliphatic heterocycles. The molecule has 3 rings (SSSR count). The highest BCUT2D eigenvalue weighted by atomic mass is 32.1. The summed E-state index contributed by atoms with van der Waals surface area (Å²) in [5.41, 5.74) is 0. The van der Waals surface area contributed by atoms with Crippen molar-refractivity contribution in [1.82, 2.24) is 0 Å². The molecule has 68 valence electrons. The third-order valence-corrected chi connectivity index (χ3v) is 3.25. The molecular formula is C11H7NOS. The lowest BCUT2D eigenvalue weighted by Crippen LogP contribution is -2.24. The summed E-state index contributed by atoms with van der Waals surface area (Å²) in [5.74, 6) is 0. The van der Waals surface area contributed by atoms with E-state index in [0.717, 1.165) is 25.7 Å². The fourth-order valence-electron chi connectivity index (χ4n) is 1.72. The standard InChI is InChI=1S/C11H7NOS/c13-12-7-8-3-1-2-4-9(8)10-5-6-14-11(10)12/h1-7H. The number of fused-ring (bicyclic) bond motifs is 3.